The standard InChI is InChI=1S/C19H20Cl2FN3O/c1-4-5-12(9-24-3)13-8-16(19(23)25-10-13)26-11(2)17-14(20)6-7-15(22)18(17)21/h5-11H,4H2,1-3H3,(H2,23,25)/b12-5+,24-9?. The fourth-order valence-electron chi connectivity index (χ4n) is 2.48. The lowest BCUT2D eigenvalue weighted by Gasteiger charge is -2.19. The Bertz CT molecular complexity index is 853. The van der Waals surface area contributed by atoms with E-state index in [1.54, 1.807) is 32.4 Å². The highest BCUT2D eigenvalue weighted by Crippen LogP contribution is 2.36. The molecule has 0 aliphatic rings. The third kappa shape index (κ3) is 4.54. The number of aromatic nitrogens is 1. The largest absolute Gasteiger partial charge is 0.482 e. The number of allylic oxidation sites excluding steroid dienone is 2. The molecule has 26 heavy (non-hydrogen) atoms. The van der Waals surface area contributed by atoms with Crippen LogP contribution in [0.2, 0.25) is 10.0 Å². The zero-order valence-corrected chi connectivity index (χ0v) is 16.3. The summed E-state index contributed by atoms with van der Waals surface area (Å²) in [5, 5.41) is 0.244. The first-order chi connectivity index (χ1) is 12.4. The van der Waals surface area contributed by atoms with E-state index in [2.05, 4.69) is 9.98 Å². The molecule has 2 rings (SSSR count). The van der Waals surface area contributed by atoms with Crippen molar-refractivity contribution in [2.24, 2.45) is 4.99 Å². The fourth-order valence-corrected chi connectivity index (χ4v) is 3.15. The molecule has 0 saturated heterocycles. The van der Waals surface area contributed by atoms with Gasteiger partial charge >= 0.3 is 0 Å². The number of hydrogen-bond donors (Lipinski definition) is 1. The topological polar surface area (TPSA) is 60.5 Å². The summed E-state index contributed by atoms with van der Waals surface area (Å²) in [7, 11) is 1.70. The van der Waals surface area contributed by atoms with Crippen molar-refractivity contribution in [3.8, 4) is 5.75 Å². The molecule has 1 aromatic carbocycles. The molecule has 1 atom stereocenters. The zero-order chi connectivity index (χ0) is 19.3. The van der Waals surface area contributed by atoms with E-state index in [0.29, 0.717) is 16.3 Å². The van der Waals surface area contributed by atoms with E-state index in [9.17, 15) is 4.39 Å². The predicted molar refractivity (Wildman–Crippen MR) is 107 cm³/mol. The Morgan fingerprint density at radius 3 is 2.81 bits per heavy atom. The van der Waals surface area contributed by atoms with Crippen molar-refractivity contribution in [3.63, 3.8) is 0 Å². The molecule has 2 aromatic rings. The number of halogens is 3. The third-order valence-corrected chi connectivity index (χ3v) is 4.41. The summed E-state index contributed by atoms with van der Waals surface area (Å²) in [4.78, 5) is 8.24. The summed E-state index contributed by atoms with van der Waals surface area (Å²) in [6.45, 7) is 3.75. The van der Waals surface area contributed by atoms with Crippen molar-refractivity contribution in [1.82, 2.24) is 4.98 Å². The first-order valence-corrected chi connectivity index (χ1v) is 8.82. The van der Waals surface area contributed by atoms with E-state index in [-0.39, 0.29) is 10.8 Å². The molecular formula is C19H20Cl2FN3O. The number of hydrogen-bond acceptors (Lipinski definition) is 4. The maximum Gasteiger partial charge on any atom is 0.166 e. The summed E-state index contributed by atoms with van der Waals surface area (Å²) < 4.78 is 19.7. The summed E-state index contributed by atoms with van der Waals surface area (Å²) >= 11 is 12.2. The molecule has 0 bridgehead atoms. The molecule has 1 heterocycles. The fraction of sp³-hybridized carbons (Fsp3) is 0.263. The predicted octanol–water partition coefficient (Wildman–Crippen LogP) is 5.74. The van der Waals surface area contributed by atoms with Crippen LogP contribution < -0.4 is 10.5 Å². The van der Waals surface area contributed by atoms with Gasteiger partial charge in [0.1, 0.15) is 11.9 Å². The Morgan fingerprint density at radius 2 is 2.15 bits per heavy atom. The number of ether oxygens (including phenoxy) is 1. The van der Waals surface area contributed by atoms with Gasteiger partial charge in [-0.1, -0.05) is 36.2 Å². The van der Waals surface area contributed by atoms with Crippen LogP contribution in [0, 0.1) is 5.82 Å². The van der Waals surface area contributed by atoms with Gasteiger partial charge in [0.15, 0.2) is 11.6 Å². The number of pyridine rings is 1. The lowest BCUT2D eigenvalue weighted by atomic mass is 10.1. The minimum absolute atomic E-state index is 0.0719. The summed E-state index contributed by atoms with van der Waals surface area (Å²) in [5.41, 5.74) is 8.01. The van der Waals surface area contributed by atoms with E-state index in [1.807, 2.05) is 13.0 Å². The minimum Gasteiger partial charge on any atom is -0.482 e. The van der Waals surface area contributed by atoms with Crippen molar-refractivity contribution in [1.29, 1.82) is 0 Å². The first kappa shape index (κ1) is 20.2. The highest BCUT2D eigenvalue weighted by molar-refractivity contribution is 6.36. The van der Waals surface area contributed by atoms with Gasteiger partial charge in [0.25, 0.3) is 0 Å². The highest BCUT2D eigenvalue weighted by Gasteiger charge is 2.20. The second-order valence-corrected chi connectivity index (χ2v) is 6.36. The van der Waals surface area contributed by atoms with Crippen LogP contribution in [0.5, 0.6) is 5.75 Å². The Balaban J connectivity index is 2.39. The molecule has 0 saturated carbocycles. The average molecular weight is 396 g/mol. The summed E-state index contributed by atoms with van der Waals surface area (Å²) in [5.74, 6) is 0.0140. The van der Waals surface area contributed by atoms with Crippen molar-refractivity contribution in [2.75, 3.05) is 12.8 Å². The van der Waals surface area contributed by atoms with Gasteiger partial charge in [-0.3, -0.25) is 4.99 Å². The number of rotatable bonds is 6. The van der Waals surface area contributed by atoms with Crippen molar-refractivity contribution < 1.29 is 9.13 Å². The lowest BCUT2D eigenvalue weighted by molar-refractivity contribution is 0.227. The Morgan fingerprint density at radius 1 is 1.42 bits per heavy atom. The molecule has 1 aromatic heterocycles. The number of aliphatic imine (C=N–C) groups is 1. The molecule has 138 valence electrons. The van der Waals surface area contributed by atoms with Gasteiger partial charge in [-0.15, -0.1) is 0 Å². The average Bonchev–Trinajstić information content (AvgIpc) is 2.60. The minimum atomic E-state index is -0.622. The second kappa shape index (κ2) is 9.01. The van der Waals surface area contributed by atoms with Crippen LogP contribution in [0.3, 0.4) is 0 Å². The van der Waals surface area contributed by atoms with E-state index in [0.717, 1.165) is 17.6 Å². The van der Waals surface area contributed by atoms with Crippen LogP contribution in [0.1, 0.15) is 37.5 Å². The molecule has 0 radical (unpaired) electrons. The molecule has 0 aliphatic carbocycles. The maximum atomic E-state index is 13.8. The molecule has 0 aliphatic heterocycles. The summed E-state index contributed by atoms with van der Waals surface area (Å²) in [6.07, 6.45) is 5.63. The van der Waals surface area contributed by atoms with Crippen molar-refractivity contribution in [2.45, 2.75) is 26.4 Å². The molecule has 1 unspecified atom stereocenters. The monoisotopic (exact) mass is 395 g/mol. The summed E-state index contributed by atoms with van der Waals surface area (Å²) in [6, 6.07) is 4.42. The molecule has 0 spiro atoms. The zero-order valence-electron chi connectivity index (χ0n) is 14.8. The number of nitrogens with two attached hydrogens (primary N) is 1. The Kier molecular flexibility index (Phi) is 7.00. The van der Waals surface area contributed by atoms with Crippen LogP contribution in [0.4, 0.5) is 10.2 Å². The van der Waals surface area contributed by atoms with Crippen LogP contribution in [-0.4, -0.2) is 18.2 Å². The van der Waals surface area contributed by atoms with Gasteiger partial charge in [0.05, 0.1) is 5.02 Å². The highest BCUT2D eigenvalue weighted by atomic mass is 35.5. The first-order valence-electron chi connectivity index (χ1n) is 8.07. The Labute approximate surface area is 162 Å². The maximum absolute atomic E-state index is 13.8. The van der Waals surface area contributed by atoms with E-state index in [1.165, 1.54) is 12.1 Å². The Hall–Kier alpha value is -2.11. The normalized spacial score (nSPS) is 13.2. The lowest BCUT2D eigenvalue weighted by Crippen LogP contribution is -2.08. The third-order valence-electron chi connectivity index (χ3n) is 3.70. The van der Waals surface area contributed by atoms with Gasteiger partial charge in [0, 0.05) is 35.6 Å². The molecule has 0 fully saturated rings. The molecule has 2 N–H and O–H groups in total. The second-order valence-electron chi connectivity index (χ2n) is 5.58. The number of nitrogen functional groups attached to an aromatic ring is 1. The quantitative estimate of drug-likeness (QED) is 0.500. The van der Waals surface area contributed by atoms with Crippen molar-refractivity contribution in [3.05, 3.63) is 57.5 Å². The SMILES string of the molecule is CC/C=C(\C=NC)c1cnc(N)c(OC(C)c2c(Cl)ccc(F)c2Cl)c1. The molecule has 7 heteroatoms. The smallest absolute Gasteiger partial charge is 0.166 e. The number of anilines is 1. The molecule has 4 nitrogen and oxygen atoms in total. The van der Waals surface area contributed by atoms with Crippen LogP contribution >= 0.6 is 23.2 Å². The van der Waals surface area contributed by atoms with Crippen molar-refractivity contribution >= 4 is 40.8 Å². The van der Waals surface area contributed by atoms with E-state index >= 15 is 0 Å². The van der Waals surface area contributed by atoms with Gasteiger partial charge < -0.3 is 10.5 Å². The number of nitrogens with zero attached hydrogens (tertiary/aromatic N) is 2. The molecular weight excluding hydrogens is 376 g/mol. The van der Waals surface area contributed by atoms with Crippen LogP contribution in [-0.2, 0) is 0 Å². The van der Waals surface area contributed by atoms with Crippen LogP contribution in [0.15, 0.2) is 35.5 Å². The van der Waals surface area contributed by atoms with Gasteiger partial charge in [0.2, 0.25) is 0 Å². The van der Waals surface area contributed by atoms with Gasteiger partial charge in [-0.25, -0.2) is 9.37 Å². The van der Waals surface area contributed by atoms with Gasteiger partial charge in [-0.05, 0) is 37.1 Å². The molecule has 0 amide bonds. The number of benzene rings is 1. The van der Waals surface area contributed by atoms with E-state index in [4.69, 9.17) is 33.7 Å². The van der Waals surface area contributed by atoms with Gasteiger partial charge in [-0.2, -0.15) is 0 Å². The van der Waals surface area contributed by atoms with Crippen LogP contribution in [0.25, 0.3) is 5.57 Å². The van der Waals surface area contributed by atoms with E-state index < -0.39 is 11.9 Å².